The van der Waals surface area contributed by atoms with Crippen LogP contribution in [0.1, 0.15) is 39.5 Å². The number of carboxylic acid groups (broad SMARTS) is 1. The van der Waals surface area contributed by atoms with Gasteiger partial charge in [-0.2, -0.15) is 0 Å². The zero-order chi connectivity index (χ0) is 15.8. The van der Waals surface area contributed by atoms with E-state index in [0.717, 1.165) is 0 Å². The lowest BCUT2D eigenvalue weighted by Gasteiger charge is -2.30. The van der Waals surface area contributed by atoms with Crippen LogP contribution in [0.2, 0.25) is 0 Å². The highest BCUT2D eigenvalue weighted by Gasteiger charge is 2.26. The smallest absolute Gasteiger partial charge is 0.317 e. The lowest BCUT2D eigenvalue weighted by atomic mass is 9.97. The van der Waals surface area contributed by atoms with Crippen molar-refractivity contribution in [3.05, 3.63) is 0 Å². The molecule has 1 fully saturated rings. The molecule has 0 bridgehead atoms. The van der Waals surface area contributed by atoms with Crippen LogP contribution in [0.4, 0.5) is 4.79 Å². The van der Waals surface area contributed by atoms with Crippen LogP contribution in [0.5, 0.6) is 0 Å². The van der Waals surface area contributed by atoms with Crippen molar-refractivity contribution in [1.29, 1.82) is 0 Å². The first kappa shape index (κ1) is 17.3. The summed E-state index contributed by atoms with van der Waals surface area (Å²) in [4.78, 5) is 35.6. The molecule has 21 heavy (non-hydrogen) atoms. The van der Waals surface area contributed by atoms with E-state index in [-0.39, 0.29) is 30.4 Å². The molecule has 1 rings (SSSR count). The number of nitrogens with one attached hydrogen (secondary N) is 1. The zero-order valence-electron chi connectivity index (χ0n) is 12.6. The largest absolute Gasteiger partial charge is 0.481 e. The molecule has 0 spiro atoms. The van der Waals surface area contributed by atoms with E-state index in [9.17, 15) is 14.4 Å². The van der Waals surface area contributed by atoms with Gasteiger partial charge >= 0.3 is 18.0 Å². The molecule has 0 radical (unpaired) electrons. The van der Waals surface area contributed by atoms with Crippen molar-refractivity contribution in [2.75, 3.05) is 19.6 Å². The summed E-state index contributed by atoms with van der Waals surface area (Å²) in [6, 6.07) is -0.198. The Kier molecular flexibility index (Phi) is 6.98. The van der Waals surface area contributed by atoms with Gasteiger partial charge in [-0.05, 0) is 33.1 Å². The first-order valence-corrected chi connectivity index (χ1v) is 7.35. The summed E-state index contributed by atoms with van der Waals surface area (Å²) in [5.41, 5.74) is 0. The molecule has 0 atom stereocenters. The van der Waals surface area contributed by atoms with Gasteiger partial charge in [0.2, 0.25) is 0 Å². The lowest BCUT2D eigenvalue weighted by Crippen LogP contribution is -2.45. The second-order valence-corrected chi connectivity index (χ2v) is 5.47. The Balaban J connectivity index is 2.15. The summed E-state index contributed by atoms with van der Waals surface area (Å²) in [6.07, 6.45) is 1.66. The van der Waals surface area contributed by atoms with Crippen molar-refractivity contribution >= 4 is 18.0 Å². The highest BCUT2D eigenvalue weighted by atomic mass is 16.5. The fourth-order valence-electron chi connectivity index (χ4n) is 2.19. The number of nitrogens with zero attached hydrogens (tertiary/aromatic N) is 1. The minimum atomic E-state index is -0.793. The number of esters is 1. The summed E-state index contributed by atoms with van der Waals surface area (Å²) in [6.45, 7) is 4.90. The van der Waals surface area contributed by atoms with Gasteiger partial charge in [-0.3, -0.25) is 9.59 Å². The number of aliphatic carboxylic acids is 1. The summed E-state index contributed by atoms with van der Waals surface area (Å²) >= 11 is 0. The molecule has 1 saturated heterocycles. The molecular weight excluding hydrogens is 276 g/mol. The molecule has 0 aromatic carbocycles. The van der Waals surface area contributed by atoms with Crippen LogP contribution in [0.25, 0.3) is 0 Å². The predicted octanol–water partition coefficient (Wildman–Crippen LogP) is 1.22. The average Bonchev–Trinajstić information content (AvgIpc) is 2.42. The van der Waals surface area contributed by atoms with E-state index in [1.165, 1.54) is 0 Å². The molecule has 1 aliphatic rings. The van der Waals surface area contributed by atoms with Crippen molar-refractivity contribution in [2.24, 2.45) is 5.92 Å². The van der Waals surface area contributed by atoms with Gasteiger partial charge in [0.25, 0.3) is 0 Å². The number of hydrogen-bond acceptors (Lipinski definition) is 4. The maximum absolute atomic E-state index is 11.8. The monoisotopic (exact) mass is 300 g/mol. The number of urea groups is 1. The maximum atomic E-state index is 11.8. The maximum Gasteiger partial charge on any atom is 0.317 e. The summed E-state index contributed by atoms with van der Waals surface area (Å²) in [7, 11) is 0. The number of piperidine rings is 1. The lowest BCUT2D eigenvalue weighted by molar-refractivity contribution is -0.147. The Hall–Kier alpha value is -1.79. The number of carboxylic acids is 1. The third kappa shape index (κ3) is 6.46. The molecule has 0 unspecified atom stereocenters. The van der Waals surface area contributed by atoms with Crippen molar-refractivity contribution in [1.82, 2.24) is 10.2 Å². The number of rotatable bonds is 6. The van der Waals surface area contributed by atoms with E-state index in [1.54, 1.807) is 18.7 Å². The zero-order valence-corrected chi connectivity index (χ0v) is 12.6. The minimum absolute atomic E-state index is 0.123. The van der Waals surface area contributed by atoms with Crippen LogP contribution < -0.4 is 5.32 Å². The topological polar surface area (TPSA) is 95.9 Å². The molecule has 7 nitrogen and oxygen atoms in total. The van der Waals surface area contributed by atoms with Gasteiger partial charge in [0.1, 0.15) is 0 Å². The Morgan fingerprint density at radius 3 is 2.43 bits per heavy atom. The number of hydrogen-bond donors (Lipinski definition) is 2. The number of amides is 2. The average molecular weight is 300 g/mol. The molecule has 0 saturated carbocycles. The summed E-state index contributed by atoms with van der Waals surface area (Å²) in [5, 5.41) is 11.6. The van der Waals surface area contributed by atoms with Gasteiger partial charge < -0.3 is 20.1 Å². The minimum Gasteiger partial charge on any atom is -0.481 e. The second kappa shape index (κ2) is 8.49. The van der Waals surface area contributed by atoms with E-state index in [1.807, 2.05) is 0 Å². The van der Waals surface area contributed by atoms with Crippen molar-refractivity contribution < 1.29 is 24.2 Å². The number of carbonyl (C=O) groups is 3. The highest BCUT2D eigenvalue weighted by Crippen LogP contribution is 2.17. The first-order chi connectivity index (χ1) is 9.90. The van der Waals surface area contributed by atoms with Crippen molar-refractivity contribution in [2.45, 2.75) is 45.6 Å². The first-order valence-electron chi connectivity index (χ1n) is 7.35. The van der Waals surface area contributed by atoms with E-state index in [4.69, 9.17) is 9.84 Å². The van der Waals surface area contributed by atoms with E-state index in [0.29, 0.717) is 38.9 Å². The fraction of sp³-hybridized carbons (Fsp3) is 0.786. The van der Waals surface area contributed by atoms with Crippen molar-refractivity contribution in [3.63, 3.8) is 0 Å². The van der Waals surface area contributed by atoms with Crippen LogP contribution in [0.3, 0.4) is 0 Å². The number of likely N-dealkylation sites (tertiary alicyclic amines) is 1. The quantitative estimate of drug-likeness (QED) is 0.568. The number of carbonyl (C=O) groups excluding carboxylic acids is 2. The molecule has 2 N–H and O–H groups in total. The molecule has 120 valence electrons. The fourth-order valence-corrected chi connectivity index (χ4v) is 2.19. The van der Waals surface area contributed by atoms with Gasteiger partial charge in [-0.15, -0.1) is 0 Å². The van der Waals surface area contributed by atoms with Crippen LogP contribution in [-0.4, -0.2) is 53.7 Å². The molecule has 1 heterocycles. The molecule has 0 aromatic heterocycles. The third-order valence-electron chi connectivity index (χ3n) is 3.33. The van der Waals surface area contributed by atoms with E-state index in [2.05, 4.69) is 5.32 Å². The van der Waals surface area contributed by atoms with Crippen LogP contribution in [-0.2, 0) is 14.3 Å². The Bertz CT molecular complexity index is 376. The molecule has 0 aliphatic carbocycles. The Morgan fingerprint density at radius 2 is 1.90 bits per heavy atom. The highest BCUT2D eigenvalue weighted by molar-refractivity contribution is 5.75. The van der Waals surface area contributed by atoms with Gasteiger partial charge in [-0.25, -0.2) is 4.79 Å². The van der Waals surface area contributed by atoms with Crippen LogP contribution in [0.15, 0.2) is 0 Å². The van der Waals surface area contributed by atoms with Gasteiger partial charge in [0.05, 0.1) is 12.0 Å². The van der Waals surface area contributed by atoms with E-state index >= 15 is 0 Å². The van der Waals surface area contributed by atoms with Gasteiger partial charge in [0.15, 0.2) is 0 Å². The standard InChI is InChI=1S/C14H24N2O5/c1-10(2)21-12(17)4-3-7-15-14(20)16-8-5-11(6-9-16)13(18)19/h10-11H,3-9H2,1-2H3,(H,15,20)(H,18,19). The molecular formula is C14H24N2O5. The summed E-state index contributed by atoms with van der Waals surface area (Å²) < 4.78 is 4.99. The molecule has 2 amide bonds. The van der Waals surface area contributed by atoms with Gasteiger partial charge in [-0.1, -0.05) is 0 Å². The van der Waals surface area contributed by atoms with Crippen LogP contribution in [0, 0.1) is 5.92 Å². The van der Waals surface area contributed by atoms with E-state index < -0.39 is 5.97 Å². The third-order valence-corrected chi connectivity index (χ3v) is 3.33. The van der Waals surface area contributed by atoms with Crippen molar-refractivity contribution in [3.8, 4) is 0 Å². The molecule has 7 heteroatoms. The Morgan fingerprint density at radius 1 is 1.29 bits per heavy atom. The molecule has 1 aliphatic heterocycles. The summed E-state index contributed by atoms with van der Waals surface area (Å²) in [5.74, 6) is -1.40. The van der Waals surface area contributed by atoms with Crippen LogP contribution >= 0.6 is 0 Å². The van der Waals surface area contributed by atoms with Gasteiger partial charge in [0, 0.05) is 26.1 Å². The predicted molar refractivity (Wildman–Crippen MR) is 75.8 cm³/mol. The number of ether oxygens (including phenoxy) is 1. The SMILES string of the molecule is CC(C)OC(=O)CCCNC(=O)N1CCC(C(=O)O)CC1. The Labute approximate surface area is 124 Å². The molecule has 0 aromatic rings. The normalized spacial score (nSPS) is 15.9. The second-order valence-electron chi connectivity index (χ2n) is 5.47.